The molecular formula is C15H21N3O. The SMILES string of the molecule is CCC1OCCC1CNCc1c[nH]c2ncccc12. The fourth-order valence-electron chi connectivity index (χ4n) is 2.93. The van der Waals surface area contributed by atoms with Crippen LogP contribution in [-0.4, -0.2) is 29.2 Å². The maximum atomic E-state index is 5.72. The lowest BCUT2D eigenvalue weighted by Crippen LogP contribution is -2.27. The third-order valence-electron chi connectivity index (χ3n) is 4.01. The first kappa shape index (κ1) is 12.6. The van der Waals surface area contributed by atoms with E-state index in [1.807, 2.05) is 18.5 Å². The molecule has 2 aromatic rings. The average Bonchev–Trinajstić information content (AvgIpc) is 3.06. The molecule has 2 aromatic heterocycles. The normalized spacial score (nSPS) is 23.2. The number of pyridine rings is 1. The highest BCUT2D eigenvalue weighted by molar-refractivity contribution is 5.79. The maximum absolute atomic E-state index is 5.72. The van der Waals surface area contributed by atoms with Crippen molar-refractivity contribution in [1.29, 1.82) is 0 Å². The van der Waals surface area contributed by atoms with Crippen LogP contribution in [0.15, 0.2) is 24.5 Å². The lowest BCUT2D eigenvalue weighted by molar-refractivity contribution is 0.0872. The molecule has 0 saturated carbocycles. The Kier molecular flexibility index (Phi) is 3.80. The van der Waals surface area contributed by atoms with Crippen LogP contribution in [0.4, 0.5) is 0 Å². The van der Waals surface area contributed by atoms with Crippen LogP contribution in [0, 0.1) is 5.92 Å². The minimum absolute atomic E-state index is 0.442. The molecule has 0 bridgehead atoms. The third kappa shape index (κ3) is 2.65. The Hall–Kier alpha value is -1.39. The van der Waals surface area contributed by atoms with Gasteiger partial charge < -0.3 is 15.0 Å². The molecule has 0 amide bonds. The van der Waals surface area contributed by atoms with E-state index in [9.17, 15) is 0 Å². The number of nitrogens with one attached hydrogen (secondary N) is 2. The number of aromatic amines is 1. The Morgan fingerprint density at radius 2 is 2.47 bits per heavy atom. The molecule has 1 fully saturated rings. The lowest BCUT2D eigenvalue weighted by Gasteiger charge is -2.17. The van der Waals surface area contributed by atoms with E-state index < -0.39 is 0 Å². The van der Waals surface area contributed by atoms with E-state index in [1.54, 1.807) is 0 Å². The van der Waals surface area contributed by atoms with Crippen molar-refractivity contribution in [2.45, 2.75) is 32.4 Å². The van der Waals surface area contributed by atoms with Crippen LogP contribution >= 0.6 is 0 Å². The summed E-state index contributed by atoms with van der Waals surface area (Å²) in [5.41, 5.74) is 2.25. The predicted octanol–water partition coefficient (Wildman–Crippen LogP) is 2.47. The van der Waals surface area contributed by atoms with Crippen molar-refractivity contribution in [3.63, 3.8) is 0 Å². The van der Waals surface area contributed by atoms with E-state index >= 15 is 0 Å². The van der Waals surface area contributed by atoms with E-state index in [4.69, 9.17) is 4.74 Å². The Labute approximate surface area is 113 Å². The molecule has 102 valence electrons. The number of nitrogens with zero attached hydrogens (tertiary/aromatic N) is 1. The third-order valence-corrected chi connectivity index (χ3v) is 4.01. The molecule has 3 rings (SSSR count). The molecule has 0 aliphatic carbocycles. The van der Waals surface area contributed by atoms with E-state index in [0.717, 1.165) is 31.8 Å². The number of aromatic nitrogens is 2. The highest BCUT2D eigenvalue weighted by Crippen LogP contribution is 2.23. The zero-order chi connectivity index (χ0) is 13.1. The van der Waals surface area contributed by atoms with Crippen molar-refractivity contribution in [2.24, 2.45) is 5.92 Å². The van der Waals surface area contributed by atoms with Gasteiger partial charge in [0.1, 0.15) is 5.65 Å². The Bertz CT molecular complexity index is 537. The molecule has 2 atom stereocenters. The van der Waals surface area contributed by atoms with Gasteiger partial charge in [0.2, 0.25) is 0 Å². The predicted molar refractivity (Wildman–Crippen MR) is 75.9 cm³/mol. The van der Waals surface area contributed by atoms with Crippen molar-refractivity contribution in [1.82, 2.24) is 15.3 Å². The van der Waals surface area contributed by atoms with Crippen molar-refractivity contribution < 1.29 is 4.74 Å². The van der Waals surface area contributed by atoms with Gasteiger partial charge in [-0.2, -0.15) is 0 Å². The first-order valence-corrected chi connectivity index (χ1v) is 7.11. The Balaban J connectivity index is 1.57. The van der Waals surface area contributed by atoms with E-state index in [-0.39, 0.29) is 0 Å². The van der Waals surface area contributed by atoms with Crippen LogP contribution in [0.2, 0.25) is 0 Å². The van der Waals surface area contributed by atoms with Gasteiger partial charge in [0.05, 0.1) is 6.10 Å². The number of hydrogen-bond acceptors (Lipinski definition) is 3. The van der Waals surface area contributed by atoms with Gasteiger partial charge in [0.15, 0.2) is 0 Å². The van der Waals surface area contributed by atoms with Gasteiger partial charge in [-0.15, -0.1) is 0 Å². The minimum Gasteiger partial charge on any atom is -0.378 e. The Morgan fingerprint density at radius 3 is 3.37 bits per heavy atom. The van der Waals surface area contributed by atoms with Crippen LogP contribution in [0.5, 0.6) is 0 Å². The van der Waals surface area contributed by atoms with Gasteiger partial charge in [-0.1, -0.05) is 6.92 Å². The smallest absolute Gasteiger partial charge is 0.137 e. The average molecular weight is 259 g/mol. The summed E-state index contributed by atoms with van der Waals surface area (Å²) in [7, 11) is 0. The second-order valence-electron chi connectivity index (χ2n) is 5.21. The standard InChI is InChI=1S/C15H21N3O/c1-2-14-11(5-7-19-14)8-16-9-12-10-18-15-13(12)4-3-6-17-15/h3-4,6,10-11,14,16H,2,5,7-9H2,1H3,(H,17,18). The van der Waals surface area contributed by atoms with Gasteiger partial charge in [0.25, 0.3) is 0 Å². The van der Waals surface area contributed by atoms with Gasteiger partial charge in [0, 0.05) is 37.5 Å². The van der Waals surface area contributed by atoms with Gasteiger partial charge in [-0.05, 0) is 36.5 Å². The summed E-state index contributed by atoms with van der Waals surface area (Å²) >= 11 is 0. The van der Waals surface area contributed by atoms with Crippen LogP contribution in [0.1, 0.15) is 25.3 Å². The fraction of sp³-hybridized carbons (Fsp3) is 0.533. The monoisotopic (exact) mass is 259 g/mol. The topological polar surface area (TPSA) is 49.9 Å². The van der Waals surface area contributed by atoms with Crippen molar-refractivity contribution in [3.05, 3.63) is 30.1 Å². The summed E-state index contributed by atoms with van der Waals surface area (Å²) in [6, 6.07) is 4.10. The second-order valence-corrected chi connectivity index (χ2v) is 5.21. The number of rotatable bonds is 5. The molecule has 4 heteroatoms. The number of hydrogen-bond donors (Lipinski definition) is 2. The quantitative estimate of drug-likeness (QED) is 0.867. The van der Waals surface area contributed by atoms with Gasteiger partial charge in [-0.3, -0.25) is 0 Å². The van der Waals surface area contributed by atoms with Crippen LogP contribution < -0.4 is 5.32 Å². The molecule has 3 heterocycles. The second kappa shape index (κ2) is 5.72. The first-order valence-electron chi connectivity index (χ1n) is 7.11. The zero-order valence-corrected chi connectivity index (χ0v) is 11.4. The molecule has 1 aliphatic rings. The molecule has 4 nitrogen and oxygen atoms in total. The van der Waals surface area contributed by atoms with Crippen molar-refractivity contribution in [3.8, 4) is 0 Å². The highest BCUT2D eigenvalue weighted by atomic mass is 16.5. The summed E-state index contributed by atoms with van der Waals surface area (Å²) in [4.78, 5) is 7.52. The number of fused-ring (bicyclic) bond motifs is 1. The first-order chi connectivity index (χ1) is 9.38. The maximum Gasteiger partial charge on any atom is 0.137 e. The summed E-state index contributed by atoms with van der Waals surface area (Å²) in [6.07, 6.45) is 6.60. The van der Waals surface area contributed by atoms with Crippen LogP contribution in [0.25, 0.3) is 11.0 Å². The molecule has 0 aromatic carbocycles. The van der Waals surface area contributed by atoms with Crippen molar-refractivity contribution >= 4 is 11.0 Å². The zero-order valence-electron chi connectivity index (χ0n) is 11.4. The largest absolute Gasteiger partial charge is 0.378 e. The molecule has 1 saturated heterocycles. The summed E-state index contributed by atoms with van der Waals surface area (Å²) in [5, 5.41) is 4.77. The number of ether oxygens (including phenoxy) is 1. The van der Waals surface area contributed by atoms with Gasteiger partial charge in [-0.25, -0.2) is 4.98 Å². The van der Waals surface area contributed by atoms with E-state index in [2.05, 4.69) is 28.3 Å². The van der Waals surface area contributed by atoms with Crippen molar-refractivity contribution in [2.75, 3.05) is 13.2 Å². The summed E-state index contributed by atoms with van der Waals surface area (Å²) in [6.45, 7) is 5.04. The molecule has 2 N–H and O–H groups in total. The molecule has 0 radical (unpaired) electrons. The van der Waals surface area contributed by atoms with Crippen LogP contribution in [-0.2, 0) is 11.3 Å². The van der Waals surface area contributed by atoms with E-state index in [0.29, 0.717) is 12.0 Å². The lowest BCUT2D eigenvalue weighted by atomic mass is 9.99. The minimum atomic E-state index is 0.442. The summed E-state index contributed by atoms with van der Waals surface area (Å²) in [5.74, 6) is 0.660. The number of H-pyrrole nitrogens is 1. The fourth-order valence-corrected chi connectivity index (χ4v) is 2.93. The molecule has 19 heavy (non-hydrogen) atoms. The van der Waals surface area contributed by atoms with E-state index in [1.165, 1.54) is 17.4 Å². The molecule has 1 aliphatic heterocycles. The van der Waals surface area contributed by atoms with Gasteiger partial charge >= 0.3 is 0 Å². The molecule has 0 spiro atoms. The molecule has 2 unspecified atom stereocenters. The Morgan fingerprint density at radius 1 is 1.53 bits per heavy atom. The summed E-state index contributed by atoms with van der Waals surface area (Å²) < 4.78 is 5.72. The highest BCUT2D eigenvalue weighted by Gasteiger charge is 2.25. The van der Waals surface area contributed by atoms with Crippen LogP contribution in [0.3, 0.4) is 0 Å². The molecular weight excluding hydrogens is 238 g/mol.